The number of hydrogen-bond donors (Lipinski definition) is 1. The highest BCUT2D eigenvalue weighted by Gasteiger charge is 2.25. The van der Waals surface area contributed by atoms with Gasteiger partial charge in [0, 0.05) is 29.6 Å². The van der Waals surface area contributed by atoms with E-state index in [1.807, 2.05) is 35.4 Å². The largest absolute Gasteiger partial charge is 0.456 e. The van der Waals surface area contributed by atoms with Crippen LogP contribution in [0.4, 0.5) is 4.39 Å². The fraction of sp³-hybridized carbons (Fsp3) is 0.160. The minimum Gasteiger partial charge on any atom is -0.456 e. The third-order valence-electron chi connectivity index (χ3n) is 5.48. The highest BCUT2D eigenvalue weighted by atomic mass is 19.1. The molecule has 0 spiro atoms. The molecule has 0 saturated carbocycles. The molecule has 0 atom stereocenters. The van der Waals surface area contributed by atoms with Crippen LogP contribution < -0.4 is 5.53 Å². The van der Waals surface area contributed by atoms with Crippen LogP contribution in [-0.4, -0.2) is 29.1 Å². The Morgan fingerprint density at radius 2 is 1.58 bits per heavy atom. The maximum absolute atomic E-state index is 13.2. The van der Waals surface area contributed by atoms with E-state index < -0.39 is 0 Å². The van der Waals surface area contributed by atoms with Gasteiger partial charge in [0.2, 0.25) is 0 Å². The summed E-state index contributed by atoms with van der Waals surface area (Å²) in [6.45, 7) is 4.22. The van der Waals surface area contributed by atoms with Crippen LogP contribution in [0.2, 0.25) is 0 Å². The molecule has 1 aliphatic rings. The smallest absolute Gasteiger partial charge is 0.172 e. The molecule has 0 unspecified atom stereocenters. The van der Waals surface area contributed by atoms with Gasteiger partial charge in [-0.2, -0.15) is 0 Å². The number of halogens is 1. The third-order valence-corrected chi connectivity index (χ3v) is 5.48. The summed E-state index contributed by atoms with van der Waals surface area (Å²) in [6.07, 6.45) is 0. The van der Waals surface area contributed by atoms with E-state index in [9.17, 15) is 4.39 Å². The molecular weight excluding hydrogens is 391 g/mol. The van der Waals surface area contributed by atoms with Crippen molar-refractivity contribution in [2.45, 2.75) is 19.9 Å². The molecule has 3 aromatic carbocycles. The predicted octanol–water partition coefficient (Wildman–Crippen LogP) is 5.64. The van der Waals surface area contributed by atoms with E-state index in [-0.39, 0.29) is 11.9 Å². The Kier molecular flexibility index (Phi) is 4.71. The summed E-state index contributed by atoms with van der Waals surface area (Å²) in [5.74, 6) is 1.34. The minimum absolute atomic E-state index is 0.258. The van der Waals surface area contributed by atoms with Crippen molar-refractivity contribution in [2.75, 3.05) is 7.05 Å². The van der Waals surface area contributed by atoms with Gasteiger partial charge in [-0.05, 0) is 73.5 Å². The quantitative estimate of drug-likeness (QED) is 0.469. The highest BCUT2D eigenvalue weighted by molar-refractivity contribution is 6.00. The summed E-state index contributed by atoms with van der Waals surface area (Å²) < 4.78 is 19.2. The Bertz CT molecular complexity index is 1280. The van der Waals surface area contributed by atoms with E-state index >= 15 is 0 Å². The maximum Gasteiger partial charge on any atom is 0.172 e. The van der Waals surface area contributed by atoms with Gasteiger partial charge in [-0.3, -0.25) is 5.01 Å². The normalized spacial score (nSPS) is 14.4. The lowest BCUT2D eigenvalue weighted by atomic mass is 10.0. The average Bonchev–Trinajstić information content (AvgIpc) is 3.37. The first kappa shape index (κ1) is 19.3. The molecule has 1 aliphatic heterocycles. The third kappa shape index (κ3) is 3.55. The zero-order chi connectivity index (χ0) is 21.5. The lowest BCUT2D eigenvalue weighted by Crippen LogP contribution is -2.47. The number of benzene rings is 3. The van der Waals surface area contributed by atoms with Crippen molar-refractivity contribution < 1.29 is 8.81 Å². The molecule has 6 heteroatoms. The van der Waals surface area contributed by atoms with Crippen molar-refractivity contribution in [3.05, 3.63) is 84.2 Å². The van der Waals surface area contributed by atoms with E-state index in [4.69, 9.17) is 4.42 Å². The second-order valence-corrected chi connectivity index (χ2v) is 7.95. The summed E-state index contributed by atoms with van der Waals surface area (Å²) in [5.41, 5.74) is 7.96. The van der Waals surface area contributed by atoms with Gasteiger partial charge in [0.05, 0.1) is 0 Å². The van der Waals surface area contributed by atoms with Gasteiger partial charge in [0.25, 0.3) is 0 Å². The van der Waals surface area contributed by atoms with Gasteiger partial charge in [-0.15, -0.1) is 10.2 Å². The van der Waals surface area contributed by atoms with E-state index in [0.29, 0.717) is 0 Å². The first-order valence-corrected chi connectivity index (χ1v) is 10.3. The molecule has 0 saturated heterocycles. The van der Waals surface area contributed by atoms with Gasteiger partial charge in [-0.25, -0.2) is 9.93 Å². The molecule has 1 N–H and O–H groups in total. The molecule has 0 bridgehead atoms. The molecule has 1 aromatic heterocycles. The molecule has 0 radical (unpaired) electrons. The van der Waals surface area contributed by atoms with E-state index in [2.05, 4.69) is 54.8 Å². The van der Waals surface area contributed by atoms with Gasteiger partial charge < -0.3 is 4.42 Å². The number of rotatable bonds is 4. The summed E-state index contributed by atoms with van der Waals surface area (Å²) >= 11 is 0. The molecule has 0 aliphatic carbocycles. The Morgan fingerprint density at radius 1 is 0.871 bits per heavy atom. The summed E-state index contributed by atoms with van der Waals surface area (Å²) in [5, 5.41) is 9.51. The number of hydrazine groups is 2. The molecule has 4 aromatic rings. The number of amidine groups is 1. The zero-order valence-corrected chi connectivity index (χ0v) is 17.6. The SMILES string of the molecule is CC(C)N1NN=C(c2cccc(-c3ccc4oc(-c5ccc(F)cc5)cc4c3)c2)N1C. The van der Waals surface area contributed by atoms with Gasteiger partial charge in [0.1, 0.15) is 17.2 Å². The average molecular weight is 414 g/mol. The van der Waals surface area contributed by atoms with Crippen molar-refractivity contribution in [3.63, 3.8) is 0 Å². The van der Waals surface area contributed by atoms with Crippen LogP contribution >= 0.6 is 0 Å². The topological polar surface area (TPSA) is 44.0 Å². The molecule has 31 heavy (non-hydrogen) atoms. The van der Waals surface area contributed by atoms with Crippen LogP contribution in [0.15, 0.2) is 82.3 Å². The number of fused-ring (bicyclic) bond motifs is 1. The summed E-state index contributed by atoms with van der Waals surface area (Å²) in [4.78, 5) is 0. The van der Waals surface area contributed by atoms with Crippen LogP contribution in [-0.2, 0) is 0 Å². The fourth-order valence-corrected chi connectivity index (χ4v) is 3.87. The lowest BCUT2D eigenvalue weighted by molar-refractivity contribution is 0.00359. The number of hydrogen-bond acceptors (Lipinski definition) is 5. The van der Waals surface area contributed by atoms with E-state index in [1.54, 1.807) is 12.1 Å². The van der Waals surface area contributed by atoms with Crippen LogP contribution in [0.1, 0.15) is 19.4 Å². The molecule has 0 fully saturated rings. The minimum atomic E-state index is -0.258. The van der Waals surface area contributed by atoms with Crippen molar-refractivity contribution in [3.8, 4) is 22.5 Å². The fourth-order valence-electron chi connectivity index (χ4n) is 3.87. The number of furan rings is 1. The van der Waals surface area contributed by atoms with Crippen LogP contribution in [0, 0.1) is 5.82 Å². The first-order valence-electron chi connectivity index (χ1n) is 10.3. The summed E-state index contributed by atoms with van der Waals surface area (Å²) in [6, 6.07) is 23.1. The van der Waals surface area contributed by atoms with Gasteiger partial charge in [-0.1, -0.05) is 24.3 Å². The van der Waals surface area contributed by atoms with Crippen molar-refractivity contribution in [2.24, 2.45) is 5.10 Å². The van der Waals surface area contributed by atoms with Crippen LogP contribution in [0.3, 0.4) is 0 Å². The van der Waals surface area contributed by atoms with Crippen LogP contribution in [0.25, 0.3) is 33.4 Å². The Hall–Kier alpha value is -3.64. The standard InChI is InChI=1S/C25H23FN4O/c1-16(2)30-28-27-25(29(30)3)20-6-4-5-18(13-20)19-9-12-23-21(14-19)15-24(31-23)17-7-10-22(26)11-8-17/h4-16,28H,1-3H3. The molecule has 5 rings (SSSR count). The molecule has 156 valence electrons. The number of hydrazone groups is 1. The maximum atomic E-state index is 13.2. The second kappa shape index (κ2) is 7.56. The Morgan fingerprint density at radius 3 is 2.32 bits per heavy atom. The molecule has 2 heterocycles. The molecular formula is C25H23FN4O. The summed E-state index contributed by atoms with van der Waals surface area (Å²) in [7, 11) is 2.00. The monoisotopic (exact) mass is 414 g/mol. The zero-order valence-electron chi connectivity index (χ0n) is 17.6. The van der Waals surface area contributed by atoms with Crippen LogP contribution in [0.5, 0.6) is 0 Å². The Labute approximate surface area is 180 Å². The highest BCUT2D eigenvalue weighted by Crippen LogP contribution is 2.32. The number of nitrogens with one attached hydrogen (secondary N) is 1. The van der Waals surface area contributed by atoms with Crippen molar-refractivity contribution in [1.82, 2.24) is 15.7 Å². The number of nitrogens with zero attached hydrogens (tertiary/aromatic N) is 3. The van der Waals surface area contributed by atoms with E-state index in [1.165, 1.54) is 12.1 Å². The van der Waals surface area contributed by atoms with E-state index in [0.717, 1.165) is 44.8 Å². The van der Waals surface area contributed by atoms with Gasteiger partial charge in [0.15, 0.2) is 5.84 Å². The van der Waals surface area contributed by atoms with Crippen molar-refractivity contribution >= 4 is 16.8 Å². The predicted molar refractivity (Wildman–Crippen MR) is 121 cm³/mol. The second-order valence-electron chi connectivity index (χ2n) is 7.95. The molecule has 5 nitrogen and oxygen atoms in total. The molecule has 0 amide bonds. The first-order chi connectivity index (χ1) is 15.0. The lowest BCUT2D eigenvalue weighted by Gasteiger charge is -2.28. The van der Waals surface area contributed by atoms with Gasteiger partial charge >= 0.3 is 0 Å². The Balaban J connectivity index is 1.47. The van der Waals surface area contributed by atoms with Crippen molar-refractivity contribution in [1.29, 1.82) is 0 Å².